The molecule has 60 heavy (non-hydrogen) atoms. The molecule has 1 unspecified atom stereocenters. The molecule has 16 heteroatoms. The third-order valence-corrected chi connectivity index (χ3v) is 13.6. The molecule has 4 aromatic rings. The first-order valence-corrected chi connectivity index (χ1v) is 21.6. The van der Waals surface area contributed by atoms with Crippen LogP contribution in [0.25, 0.3) is 11.1 Å². The van der Waals surface area contributed by atoms with Gasteiger partial charge in [-0.15, -0.1) is 0 Å². The highest BCUT2D eigenvalue weighted by molar-refractivity contribution is 7.89. The molecule has 0 spiro atoms. The van der Waals surface area contributed by atoms with Crippen molar-refractivity contribution in [2.45, 2.75) is 55.8 Å². The van der Waals surface area contributed by atoms with E-state index in [-0.39, 0.29) is 74.0 Å². The van der Waals surface area contributed by atoms with E-state index >= 15 is 0 Å². The number of benzene rings is 4. The van der Waals surface area contributed by atoms with E-state index in [2.05, 4.69) is 21.3 Å². The molecule has 4 aliphatic rings. The molecule has 4 aromatic carbocycles. The van der Waals surface area contributed by atoms with Gasteiger partial charge in [0.2, 0.25) is 27.7 Å². The number of piperidine rings is 1. The summed E-state index contributed by atoms with van der Waals surface area (Å²) < 4.78 is 40.8. The summed E-state index contributed by atoms with van der Waals surface area (Å²) >= 11 is 0. The van der Waals surface area contributed by atoms with Crippen molar-refractivity contribution in [3.8, 4) is 11.1 Å². The third-order valence-electron chi connectivity index (χ3n) is 11.7. The Morgan fingerprint density at radius 1 is 0.917 bits per heavy atom. The standard InChI is InChI=1S/C44H48N6O9S/c1-27-8-11-31(12-9-27)60(56,57)50-18-16-33-38(25-51)47-37-13-10-29(23-34(37)42(33)50)28-4-2-5-30(22-28)46-41(53)26-59-21-20-58-19-17-45-36-7-3-6-32-35(36)24-49(44(32)55)39-14-15-40(52)48-43(39)54/h2-13,22-23,33,38-39,42,45,47,51H,14-21,24-26H2,1H3,(H,46,53)(H,48,52,54)/t33-,38+,39?,42-/m1/s1. The molecule has 5 N–H and O–H groups in total. The highest BCUT2D eigenvalue weighted by Crippen LogP contribution is 2.49. The maximum absolute atomic E-state index is 14.0. The van der Waals surface area contributed by atoms with E-state index in [1.165, 1.54) is 4.90 Å². The van der Waals surface area contributed by atoms with E-state index in [1.54, 1.807) is 46.8 Å². The van der Waals surface area contributed by atoms with Gasteiger partial charge < -0.3 is 35.4 Å². The van der Waals surface area contributed by atoms with Crippen LogP contribution in [0.5, 0.6) is 0 Å². The van der Waals surface area contributed by atoms with E-state index < -0.39 is 28.0 Å². The van der Waals surface area contributed by atoms with E-state index in [1.807, 2.05) is 49.4 Å². The van der Waals surface area contributed by atoms with Crippen LogP contribution in [0.15, 0.2) is 89.8 Å². The van der Waals surface area contributed by atoms with Gasteiger partial charge in [0.1, 0.15) is 12.6 Å². The Labute approximate surface area is 348 Å². The summed E-state index contributed by atoms with van der Waals surface area (Å²) in [5, 5.41) is 22.2. The summed E-state index contributed by atoms with van der Waals surface area (Å²) in [6, 6.07) is 24.1. The highest BCUT2D eigenvalue weighted by atomic mass is 32.2. The number of carbonyl (C=O) groups is 4. The Hall–Kier alpha value is -5.65. The zero-order valence-corrected chi connectivity index (χ0v) is 34.0. The first kappa shape index (κ1) is 41.1. The molecule has 4 aliphatic heterocycles. The van der Waals surface area contributed by atoms with Crippen molar-refractivity contribution < 1.29 is 42.2 Å². The zero-order chi connectivity index (χ0) is 42.0. The highest BCUT2D eigenvalue weighted by Gasteiger charge is 2.48. The lowest BCUT2D eigenvalue weighted by atomic mass is 9.82. The molecule has 0 aliphatic carbocycles. The fraction of sp³-hybridized carbons (Fsp3) is 0.364. The molecule has 2 saturated heterocycles. The minimum Gasteiger partial charge on any atom is -0.394 e. The summed E-state index contributed by atoms with van der Waals surface area (Å²) in [5.74, 6) is -1.46. The van der Waals surface area contributed by atoms with Crippen molar-refractivity contribution in [3.05, 3.63) is 107 Å². The van der Waals surface area contributed by atoms with Crippen molar-refractivity contribution in [2.75, 3.05) is 62.1 Å². The van der Waals surface area contributed by atoms with Gasteiger partial charge in [0.15, 0.2) is 0 Å². The van der Waals surface area contributed by atoms with Gasteiger partial charge >= 0.3 is 0 Å². The van der Waals surface area contributed by atoms with Crippen LogP contribution in [0.4, 0.5) is 17.1 Å². The predicted octanol–water partition coefficient (Wildman–Crippen LogP) is 4.05. The van der Waals surface area contributed by atoms with Crippen LogP contribution in [0.1, 0.15) is 52.4 Å². The van der Waals surface area contributed by atoms with Gasteiger partial charge in [0.05, 0.1) is 43.4 Å². The molecular formula is C44H48N6O9S. The fourth-order valence-electron chi connectivity index (χ4n) is 8.68. The van der Waals surface area contributed by atoms with E-state index in [9.17, 15) is 32.7 Å². The monoisotopic (exact) mass is 836 g/mol. The molecule has 0 bridgehead atoms. The van der Waals surface area contributed by atoms with Crippen LogP contribution in [0, 0.1) is 12.8 Å². The zero-order valence-electron chi connectivity index (χ0n) is 33.2. The Balaban J connectivity index is 0.814. The van der Waals surface area contributed by atoms with E-state index in [0.29, 0.717) is 43.8 Å². The van der Waals surface area contributed by atoms with Gasteiger partial charge in [0.25, 0.3) is 5.91 Å². The number of fused-ring (bicyclic) bond motifs is 4. The van der Waals surface area contributed by atoms with Crippen LogP contribution >= 0.6 is 0 Å². The minimum atomic E-state index is -3.81. The Morgan fingerprint density at radius 2 is 1.70 bits per heavy atom. The number of sulfonamides is 1. The molecule has 314 valence electrons. The summed E-state index contributed by atoms with van der Waals surface area (Å²) in [5.41, 5.74) is 6.97. The van der Waals surface area contributed by atoms with Crippen molar-refractivity contribution in [1.29, 1.82) is 0 Å². The molecule has 0 saturated carbocycles. The van der Waals surface area contributed by atoms with Gasteiger partial charge in [-0.05, 0) is 85.0 Å². The second-order valence-corrected chi connectivity index (χ2v) is 17.4. The normalized spacial score (nSPS) is 21.2. The first-order chi connectivity index (χ1) is 29.0. The van der Waals surface area contributed by atoms with Gasteiger partial charge in [-0.25, -0.2) is 8.42 Å². The number of aryl methyl sites for hydroxylation is 1. The number of amides is 4. The maximum atomic E-state index is 14.0. The molecule has 4 heterocycles. The summed E-state index contributed by atoms with van der Waals surface area (Å²) in [6.07, 6.45) is 1.11. The second-order valence-electron chi connectivity index (χ2n) is 15.5. The van der Waals surface area contributed by atoms with E-state index in [0.717, 1.165) is 39.2 Å². The number of nitrogens with one attached hydrogen (secondary N) is 4. The lowest BCUT2D eigenvalue weighted by Gasteiger charge is -2.39. The predicted molar refractivity (Wildman–Crippen MR) is 224 cm³/mol. The Kier molecular flexibility index (Phi) is 12.0. The minimum absolute atomic E-state index is 0.115. The van der Waals surface area contributed by atoms with Gasteiger partial charge in [-0.2, -0.15) is 4.31 Å². The third kappa shape index (κ3) is 8.38. The van der Waals surface area contributed by atoms with Gasteiger partial charge in [-0.3, -0.25) is 24.5 Å². The number of carbonyl (C=O) groups excluding carboxylic acids is 4. The number of hydrogen-bond donors (Lipinski definition) is 5. The topological polar surface area (TPSA) is 196 Å². The molecule has 4 amide bonds. The van der Waals surface area contributed by atoms with Crippen LogP contribution in [-0.2, 0) is 40.4 Å². The van der Waals surface area contributed by atoms with Gasteiger partial charge in [-0.1, -0.05) is 42.0 Å². The van der Waals surface area contributed by atoms with Crippen LogP contribution < -0.4 is 21.3 Å². The summed E-state index contributed by atoms with van der Waals surface area (Å²) in [6.45, 7) is 3.50. The fourth-order valence-corrected chi connectivity index (χ4v) is 10.3. The Morgan fingerprint density at radius 3 is 2.50 bits per heavy atom. The van der Waals surface area contributed by atoms with Gasteiger partial charge in [0, 0.05) is 60.2 Å². The lowest BCUT2D eigenvalue weighted by molar-refractivity contribution is -0.137. The number of nitrogens with zero attached hydrogens (tertiary/aromatic N) is 2. The van der Waals surface area contributed by atoms with Crippen LogP contribution in [0.2, 0.25) is 0 Å². The number of aliphatic hydroxyl groups excluding tert-OH is 1. The molecular weight excluding hydrogens is 789 g/mol. The van der Waals surface area contributed by atoms with Crippen molar-refractivity contribution in [1.82, 2.24) is 14.5 Å². The van der Waals surface area contributed by atoms with Crippen LogP contribution in [0.3, 0.4) is 0 Å². The quantitative estimate of drug-likeness (QED) is 0.0857. The number of aliphatic hydroxyl groups is 1. The summed E-state index contributed by atoms with van der Waals surface area (Å²) in [7, 11) is -3.81. The molecule has 8 rings (SSSR count). The number of imide groups is 1. The number of ether oxygens (including phenoxy) is 2. The lowest BCUT2D eigenvalue weighted by Crippen LogP contribution is -2.52. The first-order valence-electron chi connectivity index (χ1n) is 20.2. The van der Waals surface area contributed by atoms with Crippen LogP contribution in [-0.4, -0.2) is 105 Å². The summed E-state index contributed by atoms with van der Waals surface area (Å²) in [4.78, 5) is 51.7. The van der Waals surface area contributed by atoms with Crippen molar-refractivity contribution in [2.24, 2.45) is 5.92 Å². The molecule has 15 nitrogen and oxygen atoms in total. The Bertz CT molecular complexity index is 2410. The molecule has 0 aromatic heterocycles. The van der Waals surface area contributed by atoms with Crippen molar-refractivity contribution in [3.63, 3.8) is 0 Å². The number of anilines is 3. The average Bonchev–Trinajstić information content (AvgIpc) is 3.84. The number of rotatable bonds is 15. The molecule has 2 fully saturated rings. The molecule has 4 atom stereocenters. The van der Waals surface area contributed by atoms with E-state index in [4.69, 9.17) is 9.47 Å². The van der Waals surface area contributed by atoms with Crippen molar-refractivity contribution >= 4 is 50.7 Å². The smallest absolute Gasteiger partial charge is 0.255 e. The average molecular weight is 837 g/mol. The second kappa shape index (κ2) is 17.5. The SMILES string of the molecule is Cc1ccc(S(=O)(=O)N2CC[C@@H]3[C@H](CO)Nc4ccc(-c5cccc(NC(=O)COCCOCCNc6cccc7c6CN(C6CCC(=O)NC6=O)C7=O)c5)cc4[C@@H]32)cc1. The molecule has 0 radical (unpaired) electrons. The number of hydrogen-bond acceptors (Lipinski definition) is 11. The maximum Gasteiger partial charge on any atom is 0.255 e. The largest absolute Gasteiger partial charge is 0.394 e.